The first-order valence-electron chi connectivity index (χ1n) is 5.35. The molecule has 1 saturated heterocycles. The van der Waals surface area contributed by atoms with Crippen LogP contribution in [0.4, 0.5) is 4.79 Å². The molecule has 2 rings (SSSR count). The van der Waals surface area contributed by atoms with E-state index in [1.165, 1.54) is 0 Å². The number of benzene rings is 1. The molecule has 0 aromatic heterocycles. The van der Waals surface area contributed by atoms with Gasteiger partial charge in [-0.2, -0.15) is 0 Å². The van der Waals surface area contributed by atoms with Crippen LogP contribution in [0.2, 0.25) is 0 Å². The summed E-state index contributed by atoms with van der Waals surface area (Å²) in [5.74, 6) is 0.578. The number of aliphatic hydroxyl groups is 1. The van der Waals surface area contributed by atoms with Gasteiger partial charge in [0.05, 0.1) is 18.1 Å². The summed E-state index contributed by atoms with van der Waals surface area (Å²) >= 11 is 1.02. The molecular weight excluding hydrogens is 252 g/mol. The summed E-state index contributed by atoms with van der Waals surface area (Å²) in [6, 6.07) is 6.84. The average molecular weight is 264 g/mol. The predicted octanol–water partition coefficient (Wildman–Crippen LogP) is 1.58. The minimum atomic E-state index is -0.214. The number of aliphatic hydroxyl groups excluding tert-OH is 1. The highest BCUT2D eigenvalue weighted by Gasteiger charge is 2.23. The lowest BCUT2D eigenvalue weighted by Gasteiger charge is -2.00. The van der Waals surface area contributed by atoms with Crippen LogP contribution < -0.4 is 5.32 Å². The van der Waals surface area contributed by atoms with Gasteiger partial charge in [0.1, 0.15) is 11.6 Å². The molecule has 1 fully saturated rings. The Labute approximate surface area is 108 Å². The average Bonchev–Trinajstić information content (AvgIpc) is 2.70. The second-order valence-corrected chi connectivity index (χ2v) is 4.55. The Hall–Kier alpha value is -1.79. The molecule has 0 saturated carbocycles. The highest BCUT2D eigenvalue weighted by molar-refractivity contribution is 8.18. The number of hydrogen-bond acceptors (Lipinski definition) is 5. The summed E-state index contributed by atoms with van der Waals surface area (Å²) in [4.78, 5) is 16.0. The molecule has 1 aliphatic heterocycles. The van der Waals surface area contributed by atoms with Gasteiger partial charge in [0.15, 0.2) is 0 Å². The Morgan fingerprint density at radius 1 is 1.39 bits per heavy atom. The summed E-state index contributed by atoms with van der Waals surface area (Å²) < 4.78 is 0. The smallest absolute Gasteiger partial charge is 0.289 e. The lowest BCUT2D eigenvalue weighted by molar-refractivity contribution is 0.264. The van der Waals surface area contributed by atoms with E-state index in [2.05, 4.69) is 10.3 Å². The number of phenolic OH excluding ortho intramolecular Hbond substituents is 1. The highest BCUT2D eigenvalue weighted by atomic mass is 32.2. The SMILES string of the molecule is O=C1NC(=NCCO)/C(=C/c2ccccc2O)S1. The zero-order valence-electron chi connectivity index (χ0n) is 9.46. The van der Waals surface area contributed by atoms with E-state index in [9.17, 15) is 9.90 Å². The normalized spacial score (nSPS) is 19.5. The molecule has 1 heterocycles. The third kappa shape index (κ3) is 2.91. The quantitative estimate of drug-likeness (QED) is 0.774. The molecule has 0 radical (unpaired) electrons. The second-order valence-electron chi connectivity index (χ2n) is 3.54. The Bertz CT molecular complexity index is 526. The van der Waals surface area contributed by atoms with Crippen LogP contribution in [0.5, 0.6) is 5.75 Å². The molecular formula is C12H12N2O3S. The minimum absolute atomic E-state index is 0.0755. The van der Waals surface area contributed by atoms with Crippen molar-refractivity contribution < 1.29 is 15.0 Å². The molecule has 1 aliphatic rings. The number of rotatable bonds is 3. The summed E-state index contributed by atoms with van der Waals surface area (Å²) in [5.41, 5.74) is 0.619. The number of nitrogens with zero attached hydrogens (tertiary/aromatic N) is 1. The Morgan fingerprint density at radius 3 is 2.89 bits per heavy atom. The third-order valence-corrected chi connectivity index (χ3v) is 3.07. The van der Waals surface area contributed by atoms with Gasteiger partial charge in [-0.1, -0.05) is 18.2 Å². The van der Waals surface area contributed by atoms with Crippen LogP contribution in [0.3, 0.4) is 0 Å². The van der Waals surface area contributed by atoms with Crippen LogP contribution in [-0.4, -0.2) is 34.4 Å². The maximum absolute atomic E-state index is 11.3. The van der Waals surface area contributed by atoms with Crippen molar-refractivity contribution in [1.82, 2.24) is 5.32 Å². The first-order valence-corrected chi connectivity index (χ1v) is 6.16. The molecule has 1 aromatic carbocycles. The zero-order valence-corrected chi connectivity index (χ0v) is 10.3. The van der Waals surface area contributed by atoms with Crippen molar-refractivity contribution in [3.05, 3.63) is 34.7 Å². The summed E-state index contributed by atoms with van der Waals surface area (Å²) in [6.45, 7) is 0.155. The molecule has 5 nitrogen and oxygen atoms in total. The van der Waals surface area contributed by atoms with Crippen molar-refractivity contribution in [2.75, 3.05) is 13.2 Å². The number of thioether (sulfide) groups is 1. The molecule has 3 N–H and O–H groups in total. The van der Waals surface area contributed by atoms with Gasteiger partial charge in [-0.3, -0.25) is 9.79 Å². The number of aliphatic imine (C=N–C) groups is 1. The number of nitrogens with one attached hydrogen (secondary N) is 1. The van der Waals surface area contributed by atoms with Crippen molar-refractivity contribution in [2.24, 2.45) is 4.99 Å². The molecule has 1 amide bonds. The first kappa shape index (κ1) is 12.7. The maximum atomic E-state index is 11.3. The molecule has 0 unspecified atom stereocenters. The van der Waals surface area contributed by atoms with Crippen LogP contribution in [0.25, 0.3) is 6.08 Å². The first-order chi connectivity index (χ1) is 8.70. The van der Waals surface area contributed by atoms with Gasteiger partial charge in [0.25, 0.3) is 5.24 Å². The topological polar surface area (TPSA) is 81.9 Å². The van der Waals surface area contributed by atoms with Crippen LogP contribution in [0.15, 0.2) is 34.2 Å². The number of carbonyl (C=O) groups excluding carboxylic acids is 1. The molecule has 0 spiro atoms. The number of hydrogen-bond donors (Lipinski definition) is 3. The van der Waals surface area contributed by atoms with E-state index in [0.29, 0.717) is 16.3 Å². The standard InChI is InChI=1S/C12H12N2O3S/c15-6-5-13-11-10(18-12(17)14-11)7-8-3-1-2-4-9(8)16/h1-4,7,15-16H,5-6H2,(H,13,14,17)/b10-7-. The van der Waals surface area contributed by atoms with E-state index in [0.717, 1.165) is 11.8 Å². The number of para-hydroxylation sites is 1. The number of amides is 1. The maximum Gasteiger partial charge on any atom is 0.289 e. The van der Waals surface area contributed by atoms with Gasteiger partial charge in [-0.25, -0.2) is 0 Å². The number of carbonyl (C=O) groups is 1. The van der Waals surface area contributed by atoms with E-state index in [1.54, 1.807) is 30.3 Å². The fourth-order valence-corrected chi connectivity index (χ4v) is 2.21. The molecule has 0 bridgehead atoms. The number of aromatic hydroxyl groups is 1. The zero-order chi connectivity index (χ0) is 13.0. The van der Waals surface area contributed by atoms with Crippen molar-refractivity contribution >= 4 is 28.9 Å². The van der Waals surface area contributed by atoms with Crippen molar-refractivity contribution in [3.63, 3.8) is 0 Å². The van der Waals surface area contributed by atoms with E-state index in [4.69, 9.17) is 5.11 Å². The minimum Gasteiger partial charge on any atom is -0.507 e. The van der Waals surface area contributed by atoms with Crippen LogP contribution in [0, 0.1) is 0 Å². The summed E-state index contributed by atoms with van der Waals surface area (Å²) in [6.07, 6.45) is 1.69. The molecule has 0 atom stereocenters. The molecule has 18 heavy (non-hydrogen) atoms. The lowest BCUT2D eigenvalue weighted by atomic mass is 10.2. The number of phenols is 1. The fourth-order valence-electron chi connectivity index (χ4n) is 1.46. The fraction of sp³-hybridized carbons (Fsp3) is 0.167. The largest absolute Gasteiger partial charge is 0.507 e. The van der Waals surface area contributed by atoms with Crippen LogP contribution in [-0.2, 0) is 0 Å². The van der Waals surface area contributed by atoms with Gasteiger partial charge in [0, 0.05) is 5.56 Å². The van der Waals surface area contributed by atoms with E-state index >= 15 is 0 Å². The Morgan fingerprint density at radius 2 is 2.17 bits per heavy atom. The van der Waals surface area contributed by atoms with Gasteiger partial charge in [-0.05, 0) is 23.9 Å². The predicted molar refractivity (Wildman–Crippen MR) is 71.6 cm³/mol. The second kappa shape index (κ2) is 5.70. The highest BCUT2D eigenvalue weighted by Crippen LogP contribution is 2.29. The van der Waals surface area contributed by atoms with E-state index < -0.39 is 0 Å². The van der Waals surface area contributed by atoms with Crippen molar-refractivity contribution in [2.45, 2.75) is 0 Å². The lowest BCUT2D eigenvalue weighted by Crippen LogP contribution is -2.19. The molecule has 1 aromatic rings. The van der Waals surface area contributed by atoms with Crippen LogP contribution in [0.1, 0.15) is 5.56 Å². The van der Waals surface area contributed by atoms with Gasteiger partial charge in [0.2, 0.25) is 0 Å². The van der Waals surface area contributed by atoms with Gasteiger partial charge >= 0.3 is 0 Å². The van der Waals surface area contributed by atoms with E-state index in [-0.39, 0.29) is 24.1 Å². The molecule has 94 valence electrons. The van der Waals surface area contributed by atoms with Crippen LogP contribution >= 0.6 is 11.8 Å². The van der Waals surface area contributed by atoms with Gasteiger partial charge < -0.3 is 15.5 Å². The molecule has 0 aliphatic carbocycles. The summed E-state index contributed by atoms with van der Waals surface area (Å²) in [7, 11) is 0. The van der Waals surface area contributed by atoms with E-state index in [1.807, 2.05) is 0 Å². The number of amidine groups is 1. The van der Waals surface area contributed by atoms with Crippen molar-refractivity contribution in [1.29, 1.82) is 0 Å². The van der Waals surface area contributed by atoms with Crippen molar-refractivity contribution in [3.8, 4) is 5.75 Å². The van der Waals surface area contributed by atoms with Gasteiger partial charge in [-0.15, -0.1) is 0 Å². The Kier molecular flexibility index (Phi) is 4.01. The molecule has 6 heteroatoms. The Balaban J connectivity index is 2.31. The third-order valence-electron chi connectivity index (χ3n) is 2.25. The summed E-state index contributed by atoms with van der Waals surface area (Å²) in [5, 5.41) is 20.8. The monoisotopic (exact) mass is 264 g/mol.